The molecule has 0 unspecified atom stereocenters. The molecule has 0 N–H and O–H groups in total. The predicted molar refractivity (Wildman–Crippen MR) is 147 cm³/mol. The van der Waals surface area contributed by atoms with Crippen molar-refractivity contribution in [1.82, 2.24) is 9.88 Å². The molecule has 1 aromatic heterocycles. The summed E-state index contributed by atoms with van der Waals surface area (Å²) in [6, 6.07) is 8.65. The summed E-state index contributed by atoms with van der Waals surface area (Å²) in [5, 5.41) is 0. The number of piperazine rings is 1. The highest BCUT2D eigenvalue weighted by Crippen LogP contribution is 2.33. The Morgan fingerprint density at radius 1 is 1.14 bits per heavy atom. The summed E-state index contributed by atoms with van der Waals surface area (Å²) in [6.07, 6.45) is 4.55. The second-order valence-electron chi connectivity index (χ2n) is 10.8. The maximum atomic E-state index is 12.4. The number of carbonyl (C=O) groups excluding carboxylic acids is 2. The molecule has 200 valence electrons. The Kier molecular flexibility index (Phi) is 8.37. The number of nitrogens with zero attached hydrogens (tertiary/aromatic N) is 4. The molecule has 2 aliphatic rings. The molecule has 1 aromatic carbocycles. The Morgan fingerprint density at radius 2 is 1.84 bits per heavy atom. The standard InChI is InChI=1S/C29H40N4O4/c1-6-33(25-9-15-36-16-10-25)26-18-23(17-24(20-34)21(26)2)22-7-8-27(30-19-22)31-11-13-32(14-12-31)28(35)37-29(3,4)5/h7-8,17-20,25H,6,9-16H2,1-5H3. The lowest BCUT2D eigenvalue weighted by atomic mass is 9.97. The van der Waals surface area contributed by atoms with Crippen molar-refractivity contribution in [2.75, 3.05) is 55.7 Å². The smallest absolute Gasteiger partial charge is 0.410 e. The van der Waals surface area contributed by atoms with Gasteiger partial charge in [-0.15, -0.1) is 0 Å². The van der Waals surface area contributed by atoms with E-state index < -0.39 is 5.60 Å². The van der Waals surface area contributed by atoms with Crippen LogP contribution in [0, 0.1) is 6.92 Å². The van der Waals surface area contributed by atoms with E-state index >= 15 is 0 Å². The molecule has 0 spiro atoms. The molecule has 2 saturated heterocycles. The number of benzene rings is 1. The number of pyridine rings is 1. The van der Waals surface area contributed by atoms with Gasteiger partial charge in [0, 0.05) is 75.0 Å². The van der Waals surface area contributed by atoms with Crippen LogP contribution in [0.25, 0.3) is 11.1 Å². The van der Waals surface area contributed by atoms with Gasteiger partial charge in [0.1, 0.15) is 17.7 Å². The van der Waals surface area contributed by atoms with Gasteiger partial charge in [-0.3, -0.25) is 4.79 Å². The minimum absolute atomic E-state index is 0.265. The van der Waals surface area contributed by atoms with Gasteiger partial charge in [0.15, 0.2) is 0 Å². The van der Waals surface area contributed by atoms with E-state index in [9.17, 15) is 9.59 Å². The average molecular weight is 509 g/mol. The van der Waals surface area contributed by atoms with Crippen molar-refractivity contribution >= 4 is 23.9 Å². The van der Waals surface area contributed by atoms with Crippen molar-refractivity contribution in [2.24, 2.45) is 0 Å². The molecule has 0 radical (unpaired) electrons. The Hall–Kier alpha value is -3.13. The van der Waals surface area contributed by atoms with Crippen LogP contribution in [0.4, 0.5) is 16.3 Å². The number of aromatic nitrogens is 1. The topological polar surface area (TPSA) is 75.2 Å². The molecule has 2 fully saturated rings. The van der Waals surface area contributed by atoms with Crippen LogP contribution in [0.5, 0.6) is 0 Å². The van der Waals surface area contributed by atoms with E-state index in [-0.39, 0.29) is 6.09 Å². The fourth-order valence-corrected chi connectivity index (χ4v) is 5.12. The monoisotopic (exact) mass is 508 g/mol. The molecule has 8 nitrogen and oxygen atoms in total. The molecule has 2 aliphatic heterocycles. The summed E-state index contributed by atoms with van der Waals surface area (Å²) < 4.78 is 11.1. The number of anilines is 2. The summed E-state index contributed by atoms with van der Waals surface area (Å²) in [7, 11) is 0. The molecule has 0 saturated carbocycles. The van der Waals surface area contributed by atoms with Gasteiger partial charge in [-0.2, -0.15) is 0 Å². The largest absolute Gasteiger partial charge is 0.444 e. The summed E-state index contributed by atoms with van der Waals surface area (Å²) >= 11 is 0. The molecule has 1 amide bonds. The fourth-order valence-electron chi connectivity index (χ4n) is 5.12. The van der Waals surface area contributed by atoms with Crippen molar-refractivity contribution in [3.8, 4) is 11.1 Å². The third-order valence-corrected chi connectivity index (χ3v) is 7.17. The lowest BCUT2D eigenvalue weighted by Crippen LogP contribution is -2.50. The van der Waals surface area contributed by atoms with Gasteiger partial charge in [-0.1, -0.05) is 0 Å². The Balaban J connectivity index is 1.50. The predicted octanol–water partition coefficient (Wildman–Crippen LogP) is 4.93. The maximum absolute atomic E-state index is 12.4. The molecule has 37 heavy (non-hydrogen) atoms. The lowest BCUT2D eigenvalue weighted by Gasteiger charge is -2.37. The van der Waals surface area contributed by atoms with Crippen molar-refractivity contribution < 1.29 is 19.1 Å². The minimum Gasteiger partial charge on any atom is -0.444 e. The van der Waals surface area contributed by atoms with Gasteiger partial charge >= 0.3 is 6.09 Å². The van der Waals surface area contributed by atoms with Crippen LogP contribution in [-0.2, 0) is 9.47 Å². The van der Waals surface area contributed by atoms with E-state index in [1.807, 2.05) is 46.0 Å². The zero-order valence-corrected chi connectivity index (χ0v) is 22.8. The summed E-state index contributed by atoms with van der Waals surface area (Å²) in [4.78, 5) is 35.4. The molecule has 0 bridgehead atoms. The van der Waals surface area contributed by atoms with Crippen LogP contribution in [0.15, 0.2) is 30.5 Å². The zero-order chi connectivity index (χ0) is 26.6. The highest BCUT2D eigenvalue weighted by molar-refractivity contribution is 5.85. The van der Waals surface area contributed by atoms with Gasteiger partial charge in [0.05, 0.1) is 0 Å². The first kappa shape index (κ1) is 26.9. The van der Waals surface area contributed by atoms with E-state index in [2.05, 4.69) is 28.9 Å². The van der Waals surface area contributed by atoms with Crippen LogP contribution in [0.1, 0.15) is 56.5 Å². The number of hydrogen-bond donors (Lipinski definition) is 0. The molecule has 0 atom stereocenters. The van der Waals surface area contributed by atoms with Gasteiger partial charge < -0.3 is 24.2 Å². The van der Waals surface area contributed by atoms with Gasteiger partial charge in [0.25, 0.3) is 0 Å². The van der Waals surface area contributed by atoms with E-state index in [0.717, 1.165) is 67.1 Å². The third-order valence-electron chi connectivity index (χ3n) is 7.17. The van der Waals surface area contributed by atoms with E-state index in [1.165, 1.54) is 0 Å². The fraction of sp³-hybridized carbons (Fsp3) is 0.552. The van der Waals surface area contributed by atoms with Crippen molar-refractivity contribution in [1.29, 1.82) is 0 Å². The van der Waals surface area contributed by atoms with Gasteiger partial charge in [-0.05, 0) is 82.9 Å². The summed E-state index contributed by atoms with van der Waals surface area (Å²) in [6.45, 7) is 14.9. The molecule has 2 aromatic rings. The van der Waals surface area contributed by atoms with Crippen LogP contribution >= 0.6 is 0 Å². The van der Waals surface area contributed by atoms with Crippen LogP contribution < -0.4 is 9.80 Å². The average Bonchev–Trinajstić information content (AvgIpc) is 2.90. The first-order valence-electron chi connectivity index (χ1n) is 13.3. The van der Waals surface area contributed by atoms with Crippen LogP contribution in [0.3, 0.4) is 0 Å². The summed E-state index contributed by atoms with van der Waals surface area (Å²) in [5.74, 6) is 0.882. The van der Waals surface area contributed by atoms with E-state index in [1.54, 1.807) is 4.90 Å². The van der Waals surface area contributed by atoms with Crippen molar-refractivity contribution in [3.63, 3.8) is 0 Å². The van der Waals surface area contributed by atoms with Crippen LogP contribution in [0.2, 0.25) is 0 Å². The van der Waals surface area contributed by atoms with E-state index in [0.29, 0.717) is 37.8 Å². The molecular formula is C29H40N4O4. The molecule has 4 rings (SSSR count). The number of ether oxygens (including phenoxy) is 2. The molecule has 8 heteroatoms. The SMILES string of the molecule is CCN(c1cc(-c2ccc(N3CCN(C(=O)OC(C)(C)C)CC3)nc2)cc(C=O)c1C)C1CCOCC1. The minimum atomic E-state index is -0.496. The molecule has 0 aliphatic carbocycles. The quantitative estimate of drug-likeness (QED) is 0.512. The third kappa shape index (κ3) is 6.42. The van der Waals surface area contributed by atoms with Crippen molar-refractivity contribution in [2.45, 2.75) is 59.1 Å². The lowest BCUT2D eigenvalue weighted by molar-refractivity contribution is 0.0240. The van der Waals surface area contributed by atoms with Crippen LogP contribution in [-0.4, -0.2) is 79.8 Å². The van der Waals surface area contributed by atoms with Crippen molar-refractivity contribution in [3.05, 3.63) is 41.6 Å². The first-order valence-corrected chi connectivity index (χ1v) is 13.3. The number of rotatable bonds is 6. The normalized spacial score (nSPS) is 17.0. The Bertz CT molecular complexity index is 1080. The maximum Gasteiger partial charge on any atom is 0.410 e. The number of aldehydes is 1. The molecular weight excluding hydrogens is 468 g/mol. The number of amides is 1. The second kappa shape index (κ2) is 11.5. The van der Waals surface area contributed by atoms with E-state index in [4.69, 9.17) is 14.5 Å². The number of hydrogen-bond acceptors (Lipinski definition) is 7. The first-order chi connectivity index (χ1) is 17.7. The van der Waals surface area contributed by atoms with Gasteiger partial charge in [0.2, 0.25) is 0 Å². The highest BCUT2D eigenvalue weighted by atomic mass is 16.6. The number of carbonyl (C=O) groups is 2. The summed E-state index contributed by atoms with van der Waals surface area (Å²) in [5.41, 5.74) is 4.30. The molecule has 3 heterocycles. The Labute approximate surface area is 220 Å². The second-order valence-corrected chi connectivity index (χ2v) is 10.8. The highest BCUT2D eigenvalue weighted by Gasteiger charge is 2.27. The van der Waals surface area contributed by atoms with Gasteiger partial charge in [-0.25, -0.2) is 9.78 Å². The zero-order valence-electron chi connectivity index (χ0n) is 22.8. The Morgan fingerprint density at radius 3 is 2.41 bits per heavy atom.